The highest BCUT2D eigenvalue weighted by molar-refractivity contribution is 5.91. The molecule has 2 amide bonds. The van der Waals surface area contributed by atoms with E-state index in [-0.39, 0.29) is 6.61 Å². The number of halogens is 1. The van der Waals surface area contributed by atoms with Gasteiger partial charge in [0.15, 0.2) is 12.1 Å². The smallest absolute Gasteiger partial charge is 0.354 e. The Bertz CT molecular complexity index is 545. The van der Waals surface area contributed by atoms with Crippen LogP contribution >= 0.6 is 0 Å². The van der Waals surface area contributed by atoms with Crippen molar-refractivity contribution in [1.82, 2.24) is 10.2 Å². The van der Waals surface area contributed by atoms with Gasteiger partial charge in [0.2, 0.25) is 5.66 Å². The van der Waals surface area contributed by atoms with E-state index in [4.69, 9.17) is 15.2 Å². The second-order valence-corrected chi connectivity index (χ2v) is 5.82. The summed E-state index contributed by atoms with van der Waals surface area (Å²) in [4.78, 5) is 24.8. The number of amides is 2. The number of aliphatic hydroxyl groups excluding tert-OH is 2. The van der Waals surface area contributed by atoms with Crippen LogP contribution in [0.3, 0.4) is 0 Å². The fourth-order valence-electron chi connectivity index (χ4n) is 2.39. The standard InChI is InChI=1S/C14H22FN3O6/c1-3-4-5-23-12(21)14(16)8(15)6-18(13(22)17-14)11-10(20)9(19)7(2)24-11/h6-7,9-11,19-20H,3-5,16H2,1-2H3,(H,17,22)/t7-,9-,10-,11-,14?/m1/s1. The molecule has 2 aliphatic heterocycles. The van der Waals surface area contributed by atoms with Gasteiger partial charge in [0.25, 0.3) is 0 Å². The van der Waals surface area contributed by atoms with Gasteiger partial charge in [0, 0.05) is 6.20 Å². The van der Waals surface area contributed by atoms with E-state index < -0.39 is 48.0 Å². The fraction of sp³-hybridized carbons (Fsp3) is 0.714. The van der Waals surface area contributed by atoms with Gasteiger partial charge >= 0.3 is 12.0 Å². The molecule has 0 aromatic heterocycles. The molecule has 0 saturated carbocycles. The number of esters is 1. The molecule has 1 unspecified atom stereocenters. The number of carbonyl (C=O) groups is 2. The summed E-state index contributed by atoms with van der Waals surface area (Å²) in [6.07, 6.45) is -2.72. The van der Waals surface area contributed by atoms with Crippen molar-refractivity contribution in [3.8, 4) is 0 Å². The van der Waals surface area contributed by atoms with Crippen LogP contribution in [0.1, 0.15) is 26.7 Å². The SMILES string of the molecule is CCCCOC(=O)C1(N)NC(=O)N([C@@H]2O[C@H](C)[C@@H](O)[C@H]2O)C=C1F. The number of nitrogens with one attached hydrogen (secondary N) is 1. The molecule has 9 nitrogen and oxygen atoms in total. The van der Waals surface area contributed by atoms with Crippen molar-refractivity contribution in [2.24, 2.45) is 5.73 Å². The Morgan fingerprint density at radius 3 is 2.75 bits per heavy atom. The highest BCUT2D eigenvalue weighted by atomic mass is 19.1. The molecule has 0 bridgehead atoms. The molecule has 2 heterocycles. The minimum absolute atomic E-state index is 0.0509. The number of ether oxygens (including phenoxy) is 2. The topological polar surface area (TPSA) is 134 Å². The molecule has 1 saturated heterocycles. The summed E-state index contributed by atoms with van der Waals surface area (Å²) in [6.45, 7) is 3.43. The van der Waals surface area contributed by atoms with Crippen LogP contribution in [0.5, 0.6) is 0 Å². The summed E-state index contributed by atoms with van der Waals surface area (Å²) in [5.74, 6) is -2.30. The third-order valence-corrected chi connectivity index (χ3v) is 3.97. The Morgan fingerprint density at radius 1 is 1.54 bits per heavy atom. The average molecular weight is 347 g/mol. The van der Waals surface area contributed by atoms with Crippen molar-refractivity contribution in [3.63, 3.8) is 0 Å². The number of hydrogen-bond donors (Lipinski definition) is 4. The molecule has 0 spiro atoms. The molecule has 2 aliphatic rings. The molecule has 136 valence electrons. The third kappa shape index (κ3) is 3.22. The third-order valence-electron chi connectivity index (χ3n) is 3.97. The quantitative estimate of drug-likeness (QED) is 0.381. The molecule has 0 aromatic carbocycles. The van der Waals surface area contributed by atoms with Crippen LogP contribution in [0.15, 0.2) is 12.0 Å². The first-order valence-corrected chi connectivity index (χ1v) is 7.68. The minimum atomic E-state index is -2.44. The summed E-state index contributed by atoms with van der Waals surface area (Å²) in [5.41, 5.74) is 3.20. The van der Waals surface area contributed by atoms with Gasteiger partial charge in [-0.3, -0.25) is 10.6 Å². The van der Waals surface area contributed by atoms with E-state index in [1.807, 2.05) is 12.2 Å². The van der Waals surface area contributed by atoms with Gasteiger partial charge in [-0.15, -0.1) is 0 Å². The number of unbranched alkanes of at least 4 members (excludes halogenated alkanes) is 1. The van der Waals surface area contributed by atoms with E-state index in [9.17, 15) is 24.2 Å². The summed E-state index contributed by atoms with van der Waals surface area (Å²) in [6, 6.07) is -0.961. The van der Waals surface area contributed by atoms with E-state index >= 15 is 0 Å². The van der Waals surface area contributed by atoms with Crippen LogP contribution in [0, 0.1) is 0 Å². The molecule has 0 radical (unpaired) electrons. The molecule has 1 fully saturated rings. The number of carbonyl (C=O) groups excluding carboxylic acids is 2. The summed E-state index contributed by atoms with van der Waals surface area (Å²) in [5, 5.41) is 21.6. The molecule has 10 heteroatoms. The molecule has 2 rings (SSSR count). The fourth-order valence-corrected chi connectivity index (χ4v) is 2.39. The number of rotatable bonds is 5. The first kappa shape index (κ1) is 18.6. The number of aliphatic hydroxyl groups is 2. The first-order chi connectivity index (χ1) is 11.2. The average Bonchev–Trinajstić information content (AvgIpc) is 2.78. The van der Waals surface area contributed by atoms with Crippen LogP contribution in [0.2, 0.25) is 0 Å². The van der Waals surface area contributed by atoms with Crippen molar-refractivity contribution in [1.29, 1.82) is 0 Å². The lowest BCUT2D eigenvalue weighted by Gasteiger charge is -2.37. The van der Waals surface area contributed by atoms with E-state index in [1.165, 1.54) is 6.92 Å². The normalized spacial score (nSPS) is 36.3. The predicted octanol–water partition coefficient (Wildman–Crippen LogP) is -0.713. The van der Waals surface area contributed by atoms with Gasteiger partial charge in [-0.05, 0) is 13.3 Å². The Labute approximate surface area is 138 Å². The maximum absolute atomic E-state index is 14.4. The zero-order chi connectivity index (χ0) is 18.1. The Balaban J connectivity index is 2.16. The zero-order valence-corrected chi connectivity index (χ0v) is 13.4. The van der Waals surface area contributed by atoms with Gasteiger partial charge in [0.1, 0.15) is 12.2 Å². The van der Waals surface area contributed by atoms with Crippen molar-refractivity contribution in [3.05, 3.63) is 12.0 Å². The van der Waals surface area contributed by atoms with Gasteiger partial charge < -0.3 is 25.0 Å². The van der Waals surface area contributed by atoms with E-state index in [2.05, 4.69) is 0 Å². The second kappa shape index (κ2) is 7.01. The Kier molecular flexibility index (Phi) is 5.43. The molecule has 5 N–H and O–H groups in total. The van der Waals surface area contributed by atoms with Crippen LogP contribution < -0.4 is 11.1 Å². The van der Waals surface area contributed by atoms with Gasteiger partial charge in [-0.25, -0.2) is 14.0 Å². The van der Waals surface area contributed by atoms with Crippen molar-refractivity contribution in [2.75, 3.05) is 6.61 Å². The zero-order valence-electron chi connectivity index (χ0n) is 13.4. The lowest BCUT2D eigenvalue weighted by molar-refractivity contribution is -0.151. The van der Waals surface area contributed by atoms with Crippen LogP contribution in [0.25, 0.3) is 0 Å². The molecule has 0 aromatic rings. The van der Waals surface area contributed by atoms with Crippen molar-refractivity contribution >= 4 is 12.0 Å². The minimum Gasteiger partial charge on any atom is -0.463 e. The number of hydrogen-bond acceptors (Lipinski definition) is 7. The van der Waals surface area contributed by atoms with E-state index in [1.54, 1.807) is 0 Å². The molecule has 5 atom stereocenters. The molecule has 24 heavy (non-hydrogen) atoms. The lowest BCUT2D eigenvalue weighted by Crippen LogP contribution is -2.68. The number of nitrogens with zero attached hydrogens (tertiary/aromatic N) is 1. The number of urea groups is 1. The highest BCUT2D eigenvalue weighted by Crippen LogP contribution is 2.29. The predicted molar refractivity (Wildman–Crippen MR) is 78.7 cm³/mol. The summed E-state index contributed by atoms with van der Waals surface area (Å²) in [7, 11) is 0. The Hall–Kier alpha value is -1.75. The molecular weight excluding hydrogens is 325 g/mol. The van der Waals surface area contributed by atoms with E-state index in [0.29, 0.717) is 17.5 Å². The maximum atomic E-state index is 14.4. The maximum Gasteiger partial charge on any atom is 0.354 e. The first-order valence-electron chi connectivity index (χ1n) is 7.68. The molecular formula is C14H22FN3O6. The second-order valence-electron chi connectivity index (χ2n) is 5.82. The monoisotopic (exact) mass is 347 g/mol. The number of nitrogens with two attached hydrogens (primary N) is 1. The molecule has 0 aliphatic carbocycles. The van der Waals surface area contributed by atoms with Crippen LogP contribution in [0.4, 0.5) is 9.18 Å². The lowest BCUT2D eigenvalue weighted by atomic mass is 10.1. The van der Waals surface area contributed by atoms with E-state index in [0.717, 1.165) is 6.42 Å². The van der Waals surface area contributed by atoms with Crippen molar-refractivity contribution < 1.29 is 33.7 Å². The summed E-state index contributed by atoms with van der Waals surface area (Å²) >= 11 is 0. The van der Waals surface area contributed by atoms with Crippen LogP contribution in [-0.4, -0.2) is 63.9 Å². The largest absolute Gasteiger partial charge is 0.463 e. The van der Waals surface area contributed by atoms with Gasteiger partial charge in [-0.2, -0.15) is 0 Å². The van der Waals surface area contributed by atoms with Gasteiger partial charge in [-0.1, -0.05) is 13.3 Å². The van der Waals surface area contributed by atoms with Crippen molar-refractivity contribution in [2.45, 2.75) is 56.9 Å². The summed E-state index contributed by atoms with van der Waals surface area (Å²) < 4.78 is 24.5. The Morgan fingerprint density at radius 2 is 2.21 bits per heavy atom. The van der Waals surface area contributed by atoms with Gasteiger partial charge in [0.05, 0.1) is 12.7 Å². The highest BCUT2D eigenvalue weighted by Gasteiger charge is 2.51. The van der Waals surface area contributed by atoms with Crippen LogP contribution in [-0.2, 0) is 14.3 Å².